The summed E-state index contributed by atoms with van der Waals surface area (Å²) in [7, 11) is 1.93. The summed E-state index contributed by atoms with van der Waals surface area (Å²) in [5, 5.41) is 0. The molecule has 1 amide bonds. The molecule has 0 N–H and O–H groups in total. The average Bonchev–Trinajstić information content (AvgIpc) is 2.82. The van der Waals surface area contributed by atoms with E-state index in [4.69, 9.17) is 0 Å². The smallest absolute Gasteiger partial charge is 0.246 e. The Morgan fingerprint density at radius 2 is 2.05 bits per heavy atom. The number of halogens is 1. The second-order valence-electron chi connectivity index (χ2n) is 5.34. The van der Waals surface area contributed by atoms with Gasteiger partial charge in [-0.15, -0.1) is 11.3 Å². The van der Waals surface area contributed by atoms with Gasteiger partial charge in [0.05, 0.1) is 3.79 Å². The highest BCUT2D eigenvalue weighted by molar-refractivity contribution is 9.11. The SMILES string of the molecule is CC1CCC(N(C)C(=O)/C=C/c2ccc(Br)s2)CC1. The summed E-state index contributed by atoms with van der Waals surface area (Å²) in [6.45, 7) is 2.30. The van der Waals surface area contributed by atoms with Crippen LogP contribution in [0.4, 0.5) is 0 Å². The zero-order chi connectivity index (χ0) is 13.8. The maximum atomic E-state index is 12.1. The first-order valence-corrected chi connectivity index (χ1v) is 8.37. The number of carbonyl (C=O) groups excluding carboxylic acids is 1. The summed E-state index contributed by atoms with van der Waals surface area (Å²) < 4.78 is 1.09. The Balaban J connectivity index is 1.90. The van der Waals surface area contributed by atoms with Crippen molar-refractivity contribution in [2.45, 2.75) is 38.6 Å². The van der Waals surface area contributed by atoms with E-state index in [1.807, 2.05) is 30.2 Å². The fourth-order valence-electron chi connectivity index (χ4n) is 2.50. The van der Waals surface area contributed by atoms with E-state index in [-0.39, 0.29) is 5.91 Å². The van der Waals surface area contributed by atoms with Crippen molar-refractivity contribution in [2.75, 3.05) is 7.05 Å². The largest absolute Gasteiger partial charge is 0.339 e. The monoisotopic (exact) mass is 341 g/mol. The molecule has 1 aliphatic carbocycles. The molecule has 1 aliphatic rings. The van der Waals surface area contributed by atoms with E-state index in [0.717, 1.165) is 27.4 Å². The summed E-state index contributed by atoms with van der Waals surface area (Å²) in [5.74, 6) is 0.933. The molecule has 1 fully saturated rings. The highest BCUT2D eigenvalue weighted by Gasteiger charge is 2.23. The number of hydrogen-bond acceptors (Lipinski definition) is 2. The lowest BCUT2D eigenvalue weighted by molar-refractivity contribution is -0.127. The second kappa shape index (κ2) is 6.71. The van der Waals surface area contributed by atoms with Gasteiger partial charge < -0.3 is 4.90 Å². The molecule has 0 saturated heterocycles. The molecule has 0 unspecified atom stereocenters. The van der Waals surface area contributed by atoms with Crippen molar-refractivity contribution in [3.05, 3.63) is 26.9 Å². The average molecular weight is 342 g/mol. The zero-order valence-electron chi connectivity index (χ0n) is 11.4. The highest BCUT2D eigenvalue weighted by atomic mass is 79.9. The minimum Gasteiger partial charge on any atom is -0.339 e. The van der Waals surface area contributed by atoms with Gasteiger partial charge in [-0.2, -0.15) is 0 Å². The predicted molar refractivity (Wildman–Crippen MR) is 85.2 cm³/mol. The molecule has 2 rings (SSSR count). The van der Waals surface area contributed by atoms with Crippen molar-refractivity contribution >= 4 is 39.2 Å². The second-order valence-corrected chi connectivity index (χ2v) is 7.83. The van der Waals surface area contributed by atoms with Crippen molar-refractivity contribution < 1.29 is 4.79 Å². The van der Waals surface area contributed by atoms with Gasteiger partial charge in [-0.25, -0.2) is 0 Å². The number of nitrogens with zero attached hydrogens (tertiary/aromatic N) is 1. The molecule has 1 aromatic rings. The Labute approximate surface area is 127 Å². The summed E-state index contributed by atoms with van der Waals surface area (Å²) in [6, 6.07) is 4.44. The molecule has 0 spiro atoms. The Hall–Kier alpha value is -0.610. The molecule has 4 heteroatoms. The number of rotatable bonds is 3. The molecular weight excluding hydrogens is 322 g/mol. The van der Waals surface area contributed by atoms with E-state index < -0.39 is 0 Å². The van der Waals surface area contributed by atoms with Crippen LogP contribution < -0.4 is 0 Å². The zero-order valence-corrected chi connectivity index (χ0v) is 13.8. The Bertz CT molecular complexity index is 460. The maximum absolute atomic E-state index is 12.1. The van der Waals surface area contributed by atoms with Crippen LogP contribution in [0.3, 0.4) is 0 Å². The number of thiophene rings is 1. The first kappa shape index (κ1) is 14.8. The van der Waals surface area contributed by atoms with Gasteiger partial charge in [0.25, 0.3) is 0 Å². The van der Waals surface area contributed by atoms with Crippen LogP contribution in [0.2, 0.25) is 0 Å². The minimum absolute atomic E-state index is 0.115. The topological polar surface area (TPSA) is 20.3 Å². The fraction of sp³-hybridized carbons (Fsp3) is 0.533. The fourth-order valence-corrected chi connectivity index (χ4v) is 3.82. The third kappa shape index (κ3) is 4.18. The molecule has 0 bridgehead atoms. The van der Waals surface area contributed by atoms with Gasteiger partial charge in [0, 0.05) is 24.0 Å². The first-order chi connectivity index (χ1) is 9.06. The lowest BCUT2D eigenvalue weighted by atomic mass is 9.87. The molecule has 104 valence electrons. The lowest BCUT2D eigenvalue weighted by Gasteiger charge is -2.33. The van der Waals surface area contributed by atoms with Gasteiger partial charge in [-0.1, -0.05) is 6.92 Å². The molecule has 0 atom stereocenters. The van der Waals surface area contributed by atoms with Crippen LogP contribution in [-0.2, 0) is 4.79 Å². The summed E-state index contributed by atoms with van der Waals surface area (Å²) in [4.78, 5) is 15.1. The van der Waals surface area contributed by atoms with Crippen LogP contribution in [0.1, 0.15) is 37.5 Å². The maximum Gasteiger partial charge on any atom is 0.246 e. The van der Waals surface area contributed by atoms with Gasteiger partial charge >= 0.3 is 0 Å². The molecule has 0 aromatic carbocycles. The number of hydrogen-bond donors (Lipinski definition) is 0. The number of amides is 1. The van der Waals surface area contributed by atoms with Crippen molar-refractivity contribution in [1.29, 1.82) is 0 Å². The molecule has 19 heavy (non-hydrogen) atoms. The summed E-state index contributed by atoms with van der Waals surface area (Å²) in [6.07, 6.45) is 8.35. The van der Waals surface area contributed by atoms with E-state index in [0.29, 0.717) is 6.04 Å². The van der Waals surface area contributed by atoms with E-state index in [1.54, 1.807) is 17.4 Å². The van der Waals surface area contributed by atoms with Crippen LogP contribution in [-0.4, -0.2) is 23.9 Å². The Morgan fingerprint density at radius 1 is 1.37 bits per heavy atom. The van der Waals surface area contributed by atoms with Crippen LogP contribution >= 0.6 is 27.3 Å². The number of likely N-dealkylation sites (N-methyl/N-ethyl adjacent to an activating group) is 1. The van der Waals surface area contributed by atoms with Gasteiger partial charge in [-0.05, 0) is 65.7 Å². The minimum atomic E-state index is 0.115. The third-order valence-corrected chi connectivity index (χ3v) is 5.45. The molecule has 1 saturated carbocycles. The molecule has 0 aliphatic heterocycles. The van der Waals surface area contributed by atoms with E-state index in [2.05, 4.69) is 22.9 Å². The van der Waals surface area contributed by atoms with Gasteiger partial charge in [0.15, 0.2) is 0 Å². The van der Waals surface area contributed by atoms with Gasteiger partial charge in [0.1, 0.15) is 0 Å². The lowest BCUT2D eigenvalue weighted by Crippen LogP contribution is -2.38. The quantitative estimate of drug-likeness (QED) is 0.738. The summed E-state index contributed by atoms with van der Waals surface area (Å²) in [5.41, 5.74) is 0. The standard InChI is InChI=1S/C15H20BrNOS/c1-11-3-5-12(6-4-11)17(2)15(18)10-8-13-7-9-14(16)19-13/h7-12H,3-6H2,1-2H3/b10-8+. The van der Waals surface area contributed by atoms with Gasteiger partial charge in [0.2, 0.25) is 5.91 Å². The van der Waals surface area contributed by atoms with Crippen LogP contribution in [0.25, 0.3) is 6.08 Å². The van der Waals surface area contributed by atoms with Gasteiger partial charge in [-0.3, -0.25) is 4.79 Å². The van der Waals surface area contributed by atoms with Crippen LogP contribution in [0.5, 0.6) is 0 Å². The Morgan fingerprint density at radius 3 is 2.63 bits per heavy atom. The van der Waals surface area contributed by atoms with Crippen molar-refractivity contribution in [2.24, 2.45) is 5.92 Å². The van der Waals surface area contributed by atoms with E-state index >= 15 is 0 Å². The third-order valence-electron chi connectivity index (χ3n) is 3.86. The normalized spacial score (nSPS) is 23.7. The molecule has 1 aromatic heterocycles. The molecule has 2 nitrogen and oxygen atoms in total. The van der Waals surface area contributed by atoms with E-state index in [1.165, 1.54) is 12.8 Å². The highest BCUT2D eigenvalue weighted by Crippen LogP contribution is 2.27. The predicted octanol–water partition coefficient (Wildman–Crippen LogP) is 4.56. The molecule has 1 heterocycles. The first-order valence-electron chi connectivity index (χ1n) is 6.76. The van der Waals surface area contributed by atoms with Crippen LogP contribution in [0, 0.1) is 5.92 Å². The van der Waals surface area contributed by atoms with Crippen molar-refractivity contribution in [1.82, 2.24) is 4.90 Å². The molecular formula is C15H20BrNOS. The number of carbonyl (C=O) groups is 1. The van der Waals surface area contributed by atoms with Crippen molar-refractivity contribution in [3.63, 3.8) is 0 Å². The molecule has 0 radical (unpaired) electrons. The van der Waals surface area contributed by atoms with Crippen molar-refractivity contribution in [3.8, 4) is 0 Å². The van der Waals surface area contributed by atoms with Crippen LogP contribution in [0.15, 0.2) is 22.0 Å². The van der Waals surface area contributed by atoms with E-state index in [9.17, 15) is 4.79 Å². The summed E-state index contributed by atoms with van der Waals surface area (Å²) >= 11 is 5.06. The Kier molecular flexibility index (Phi) is 5.22.